The Hall–Kier alpha value is -1.27. The largest absolute Gasteiger partial charge is 0.388 e. The van der Waals surface area contributed by atoms with Crippen molar-refractivity contribution in [3.63, 3.8) is 0 Å². The van der Waals surface area contributed by atoms with Crippen molar-refractivity contribution >= 4 is 5.82 Å². The minimum Gasteiger partial charge on any atom is -0.388 e. The molecule has 2 rings (SSSR count). The van der Waals surface area contributed by atoms with E-state index in [-0.39, 0.29) is 12.4 Å². The molecule has 1 aromatic heterocycles. The number of nitrogens with zero attached hydrogens (tertiary/aromatic N) is 2. The molecule has 100 valence electrons. The lowest BCUT2D eigenvalue weighted by molar-refractivity contribution is -0.0544. The normalized spacial score (nSPS) is 18.6. The second kappa shape index (κ2) is 5.58. The number of aryl methyl sites for hydroxylation is 1. The van der Waals surface area contributed by atoms with Gasteiger partial charge in [-0.3, -0.25) is 0 Å². The molecule has 1 aliphatic heterocycles. The van der Waals surface area contributed by atoms with Crippen LogP contribution in [0.25, 0.3) is 0 Å². The van der Waals surface area contributed by atoms with Crippen molar-refractivity contribution in [1.29, 1.82) is 0 Å². The number of ether oxygens (including phenoxy) is 1. The molecule has 6 heteroatoms. The molecule has 0 spiro atoms. The maximum Gasteiger partial charge on any atom is 0.186 e. The quantitative estimate of drug-likeness (QED) is 0.844. The van der Waals surface area contributed by atoms with Crippen molar-refractivity contribution in [2.24, 2.45) is 0 Å². The number of halogens is 1. The molecule has 5 nitrogen and oxygen atoms in total. The van der Waals surface area contributed by atoms with E-state index < -0.39 is 11.4 Å². The lowest BCUT2D eigenvalue weighted by atomic mass is 9.94. The van der Waals surface area contributed by atoms with Crippen LogP contribution in [0.1, 0.15) is 25.5 Å². The Kier molecular flexibility index (Phi) is 4.08. The van der Waals surface area contributed by atoms with E-state index in [2.05, 4.69) is 15.3 Å². The van der Waals surface area contributed by atoms with Crippen LogP contribution in [0.3, 0.4) is 0 Å². The van der Waals surface area contributed by atoms with Gasteiger partial charge in [0.05, 0.1) is 11.3 Å². The highest BCUT2D eigenvalue weighted by Crippen LogP contribution is 2.22. The zero-order chi connectivity index (χ0) is 13.0. The Morgan fingerprint density at radius 1 is 1.44 bits per heavy atom. The monoisotopic (exact) mass is 255 g/mol. The third-order valence-corrected chi connectivity index (χ3v) is 3.20. The average molecular weight is 255 g/mol. The highest BCUT2D eigenvalue weighted by molar-refractivity contribution is 5.37. The van der Waals surface area contributed by atoms with Gasteiger partial charge in [0.1, 0.15) is 6.33 Å². The third-order valence-electron chi connectivity index (χ3n) is 3.20. The summed E-state index contributed by atoms with van der Waals surface area (Å²) in [5, 5.41) is 13.1. The van der Waals surface area contributed by atoms with Crippen LogP contribution in [0.2, 0.25) is 0 Å². The molecule has 1 aromatic rings. The van der Waals surface area contributed by atoms with Gasteiger partial charge in [0.25, 0.3) is 0 Å². The standard InChI is InChI=1S/C12H18FN3O2/c1-2-9-10(13)11(16-8-15-9)14-7-12(17)3-5-18-6-4-12/h8,17H,2-7H2,1H3,(H,14,15,16). The first-order valence-electron chi connectivity index (χ1n) is 6.18. The summed E-state index contributed by atoms with van der Waals surface area (Å²) < 4.78 is 19.0. The number of anilines is 1. The summed E-state index contributed by atoms with van der Waals surface area (Å²) in [4.78, 5) is 7.72. The van der Waals surface area contributed by atoms with Crippen molar-refractivity contribution in [2.75, 3.05) is 25.1 Å². The molecule has 0 bridgehead atoms. The van der Waals surface area contributed by atoms with E-state index in [1.807, 2.05) is 6.92 Å². The van der Waals surface area contributed by atoms with Gasteiger partial charge in [-0.1, -0.05) is 6.92 Å². The molecule has 0 saturated carbocycles. The third kappa shape index (κ3) is 2.94. The number of rotatable bonds is 4. The molecular formula is C12H18FN3O2. The average Bonchev–Trinajstić information content (AvgIpc) is 2.38. The molecule has 0 unspecified atom stereocenters. The Bertz CT molecular complexity index is 408. The van der Waals surface area contributed by atoms with E-state index in [4.69, 9.17) is 4.74 Å². The van der Waals surface area contributed by atoms with E-state index in [0.29, 0.717) is 38.2 Å². The summed E-state index contributed by atoms with van der Waals surface area (Å²) in [5.41, 5.74) is -0.464. The Morgan fingerprint density at radius 2 is 2.17 bits per heavy atom. The fourth-order valence-corrected chi connectivity index (χ4v) is 1.95. The molecule has 0 aliphatic carbocycles. The number of aromatic nitrogens is 2. The van der Waals surface area contributed by atoms with Gasteiger partial charge in [0, 0.05) is 32.6 Å². The van der Waals surface area contributed by atoms with E-state index in [9.17, 15) is 9.50 Å². The summed E-state index contributed by atoms with van der Waals surface area (Å²) in [6, 6.07) is 0. The Balaban J connectivity index is 2.01. The number of nitrogens with one attached hydrogen (secondary N) is 1. The van der Waals surface area contributed by atoms with Gasteiger partial charge in [-0.15, -0.1) is 0 Å². The van der Waals surface area contributed by atoms with Gasteiger partial charge in [-0.2, -0.15) is 0 Å². The zero-order valence-corrected chi connectivity index (χ0v) is 10.4. The molecule has 0 radical (unpaired) electrons. The Labute approximate surface area is 105 Å². The summed E-state index contributed by atoms with van der Waals surface area (Å²) in [5.74, 6) is -0.280. The topological polar surface area (TPSA) is 67.3 Å². The highest BCUT2D eigenvalue weighted by atomic mass is 19.1. The maximum atomic E-state index is 13.9. The van der Waals surface area contributed by atoms with Gasteiger partial charge in [0.15, 0.2) is 11.6 Å². The van der Waals surface area contributed by atoms with Crippen LogP contribution in [0.4, 0.5) is 10.2 Å². The highest BCUT2D eigenvalue weighted by Gasteiger charge is 2.30. The smallest absolute Gasteiger partial charge is 0.186 e. The van der Waals surface area contributed by atoms with Crippen LogP contribution in [0.15, 0.2) is 6.33 Å². The number of hydrogen-bond donors (Lipinski definition) is 2. The lowest BCUT2D eigenvalue weighted by Crippen LogP contribution is -2.42. The van der Waals surface area contributed by atoms with Crippen molar-refractivity contribution in [2.45, 2.75) is 31.8 Å². The fourth-order valence-electron chi connectivity index (χ4n) is 1.95. The number of hydrogen-bond acceptors (Lipinski definition) is 5. The van der Waals surface area contributed by atoms with Gasteiger partial charge in [0.2, 0.25) is 0 Å². The van der Waals surface area contributed by atoms with E-state index in [0.717, 1.165) is 0 Å². The summed E-state index contributed by atoms with van der Waals surface area (Å²) in [6.07, 6.45) is 2.94. The fraction of sp³-hybridized carbons (Fsp3) is 0.667. The van der Waals surface area contributed by atoms with Crippen LogP contribution < -0.4 is 5.32 Å². The molecular weight excluding hydrogens is 237 g/mol. The van der Waals surface area contributed by atoms with Gasteiger partial charge in [-0.05, 0) is 6.42 Å². The van der Waals surface area contributed by atoms with Crippen LogP contribution in [0.5, 0.6) is 0 Å². The van der Waals surface area contributed by atoms with Gasteiger partial charge < -0.3 is 15.2 Å². The minimum atomic E-state index is -0.845. The first kappa shape index (κ1) is 13.2. The second-order valence-corrected chi connectivity index (χ2v) is 4.53. The summed E-state index contributed by atoms with van der Waals surface area (Å²) in [7, 11) is 0. The molecule has 2 N–H and O–H groups in total. The molecule has 0 aromatic carbocycles. The van der Waals surface area contributed by atoms with Crippen LogP contribution in [-0.4, -0.2) is 40.4 Å². The molecule has 0 amide bonds. The lowest BCUT2D eigenvalue weighted by Gasteiger charge is -2.32. The van der Waals surface area contributed by atoms with E-state index in [1.54, 1.807) is 0 Å². The van der Waals surface area contributed by atoms with Crippen molar-refractivity contribution in [3.05, 3.63) is 17.8 Å². The second-order valence-electron chi connectivity index (χ2n) is 4.53. The van der Waals surface area contributed by atoms with Crippen LogP contribution in [0, 0.1) is 5.82 Å². The van der Waals surface area contributed by atoms with Crippen LogP contribution in [-0.2, 0) is 11.2 Å². The maximum absolute atomic E-state index is 13.9. The Morgan fingerprint density at radius 3 is 2.83 bits per heavy atom. The predicted molar refractivity (Wildman–Crippen MR) is 64.9 cm³/mol. The first-order chi connectivity index (χ1) is 8.64. The van der Waals surface area contributed by atoms with Gasteiger partial charge >= 0.3 is 0 Å². The van der Waals surface area contributed by atoms with Gasteiger partial charge in [-0.25, -0.2) is 14.4 Å². The first-order valence-corrected chi connectivity index (χ1v) is 6.18. The SMILES string of the molecule is CCc1ncnc(NCC2(O)CCOCC2)c1F. The number of aliphatic hydroxyl groups is 1. The molecule has 1 fully saturated rings. The van der Waals surface area contributed by atoms with Crippen molar-refractivity contribution in [3.8, 4) is 0 Å². The van der Waals surface area contributed by atoms with E-state index in [1.165, 1.54) is 6.33 Å². The molecule has 0 atom stereocenters. The van der Waals surface area contributed by atoms with Crippen LogP contribution >= 0.6 is 0 Å². The van der Waals surface area contributed by atoms with Crippen molar-refractivity contribution < 1.29 is 14.2 Å². The molecule has 2 heterocycles. The summed E-state index contributed by atoms with van der Waals surface area (Å²) >= 11 is 0. The predicted octanol–water partition coefficient (Wildman–Crippen LogP) is 1.13. The molecule has 18 heavy (non-hydrogen) atoms. The van der Waals surface area contributed by atoms with E-state index >= 15 is 0 Å². The minimum absolute atomic E-state index is 0.154. The molecule has 1 saturated heterocycles. The zero-order valence-electron chi connectivity index (χ0n) is 10.4. The van der Waals surface area contributed by atoms with Crippen molar-refractivity contribution in [1.82, 2.24) is 9.97 Å². The summed E-state index contributed by atoms with van der Waals surface area (Å²) in [6.45, 7) is 3.17. The molecule has 1 aliphatic rings.